The predicted molar refractivity (Wildman–Crippen MR) is 138 cm³/mol. The van der Waals surface area contributed by atoms with Crippen molar-refractivity contribution in [3.05, 3.63) is 35.9 Å². The molecule has 37 heavy (non-hydrogen) atoms. The smallest absolute Gasteiger partial charge is 0.248 e. The number of nitrogens with zero attached hydrogens (tertiary/aromatic N) is 4. The number of amides is 4. The van der Waals surface area contributed by atoms with Gasteiger partial charge >= 0.3 is 0 Å². The summed E-state index contributed by atoms with van der Waals surface area (Å²) in [6.07, 6.45) is 0.293. The minimum absolute atomic E-state index is 0.0692. The van der Waals surface area contributed by atoms with E-state index in [1.165, 1.54) is 4.90 Å². The Morgan fingerprint density at radius 2 is 1.68 bits per heavy atom. The van der Waals surface area contributed by atoms with E-state index in [9.17, 15) is 19.2 Å². The molecule has 3 rings (SSSR count). The zero-order valence-corrected chi connectivity index (χ0v) is 22.3. The van der Waals surface area contributed by atoms with Gasteiger partial charge in [0.25, 0.3) is 0 Å². The minimum atomic E-state index is -0.508. The van der Waals surface area contributed by atoms with Crippen LogP contribution in [0.25, 0.3) is 0 Å². The Bertz CT molecular complexity index is 923. The fraction of sp³-hybridized carbons (Fsp3) is 0.630. The van der Waals surface area contributed by atoms with Gasteiger partial charge in [0.2, 0.25) is 23.6 Å². The number of carbonyl (C=O) groups excluding carboxylic acids is 4. The van der Waals surface area contributed by atoms with Crippen LogP contribution in [0.2, 0.25) is 0 Å². The lowest BCUT2D eigenvalue weighted by Gasteiger charge is -2.27. The topological polar surface area (TPSA) is 99.7 Å². The number of methoxy groups -OCH3 is 1. The summed E-state index contributed by atoms with van der Waals surface area (Å²) in [6, 6.07) is 9.90. The summed E-state index contributed by atoms with van der Waals surface area (Å²) in [5.74, 6) is -1.10. The van der Waals surface area contributed by atoms with Gasteiger partial charge < -0.3 is 29.1 Å². The highest BCUT2D eigenvalue weighted by molar-refractivity contribution is 5.91. The van der Waals surface area contributed by atoms with Crippen molar-refractivity contribution < 1.29 is 28.7 Å². The molecule has 2 heterocycles. The molecule has 2 fully saturated rings. The molecule has 10 nitrogen and oxygen atoms in total. The molecule has 0 radical (unpaired) electrons. The Hall–Kier alpha value is -2.98. The van der Waals surface area contributed by atoms with Gasteiger partial charge in [0.05, 0.1) is 25.2 Å². The van der Waals surface area contributed by atoms with Crippen molar-refractivity contribution in [3.8, 4) is 0 Å². The first kappa shape index (κ1) is 28.6. The van der Waals surface area contributed by atoms with E-state index in [1.54, 1.807) is 21.8 Å². The second kappa shape index (κ2) is 14.1. The van der Waals surface area contributed by atoms with Crippen molar-refractivity contribution >= 4 is 23.6 Å². The minimum Gasteiger partial charge on any atom is -0.383 e. The largest absolute Gasteiger partial charge is 0.383 e. The highest BCUT2D eigenvalue weighted by Crippen LogP contribution is 2.22. The van der Waals surface area contributed by atoms with Crippen LogP contribution in [0, 0.1) is 5.92 Å². The van der Waals surface area contributed by atoms with Gasteiger partial charge in [-0.1, -0.05) is 30.3 Å². The van der Waals surface area contributed by atoms with Gasteiger partial charge in [-0.05, 0) is 25.8 Å². The standard InChI is InChI=1S/C27H40N4O6/c1-4-28(5-2)26(34)20-37-23-17-29(12-11-21-9-7-6-8-10-21)25(33)19-31(18-23)27(35)22-15-24(32)30(16-22)13-14-36-3/h6-10,22-23H,4-5,11-20H2,1-3H3/t22-,23-/m1/s1. The van der Waals surface area contributed by atoms with Gasteiger partial charge in [-0.25, -0.2) is 0 Å². The summed E-state index contributed by atoms with van der Waals surface area (Å²) in [5.41, 5.74) is 1.11. The van der Waals surface area contributed by atoms with Crippen molar-refractivity contribution in [2.75, 3.05) is 72.7 Å². The normalized spacial score (nSPS) is 20.4. The number of benzene rings is 1. The Morgan fingerprint density at radius 1 is 0.973 bits per heavy atom. The monoisotopic (exact) mass is 516 g/mol. The van der Waals surface area contributed by atoms with Crippen LogP contribution < -0.4 is 0 Å². The summed E-state index contributed by atoms with van der Waals surface area (Å²) in [5, 5.41) is 0. The third-order valence-electron chi connectivity index (χ3n) is 7.04. The van der Waals surface area contributed by atoms with Crippen LogP contribution in [-0.4, -0.2) is 122 Å². The number of rotatable bonds is 12. The fourth-order valence-corrected chi connectivity index (χ4v) is 4.85. The average molecular weight is 517 g/mol. The summed E-state index contributed by atoms with van der Waals surface area (Å²) >= 11 is 0. The molecule has 4 amide bonds. The molecule has 0 N–H and O–H groups in total. The van der Waals surface area contributed by atoms with Crippen LogP contribution >= 0.6 is 0 Å². The first-order valence-electron chi connectivity index (χ1n) is 13.1. The van der Waals surface area contributed by atoms with E-state index in [-0.39, 0.29) is 49.7 Å². The third kappa shape index (κ3) is 8.00. The van der Waals surface area contributed by atoms with E-state index in [4.69, 9.17) is 9.47 Å². The van der Waals surface area contributed by atoms with Crippen LogP contribution in [0.1, 0.15) is 25.8 Å². The lowest BCUT2D eigenvalue weighted by Crippen LogP contribution is -2.44. The maximum atomic E-state index is 13.4. The maximum Gasteiger partial charge on any atom is 0.248 e. The molecule has 1 aromatic carbocycles. The first-order chi connectivity index (χ1) is 17.9. The van der Waals surface area contributed by atoms with Crippen molar-refractivity contribution in [1.29, 1.82) is 0 Å². The zero-order chi connectivity index (χ0) is 26.8. The van der Waals surface area contributed by atoms with E-state index >= 15 is 0 Å². The quantitative estimate of drug-likeness (QED) is 0.405. The van der Waals surface area contributed by atoms with Gasteiger partial charge in [-0.15, -0.1) is 0 Å². The van der Waals surface area contributed by atoms with Gasteiger partial charge in [-0.2, -0.15) is 0 Å². The van der Waals surface area contributed by atoms with Crippen molar-refractivity contribution in [2.45, 2.75) is 32.8 Å². The van der Waals surface area contributed by atoms with Crippen LogP contribution in [-0.2, 0) is 35.1 Å². The highest BCUT2D eigenvalue weighted by Gasteiger charge is 2.39. The van der Waals surface area contributed by atoms with Crippen molar-refractivity contribution in [2.24, 2.45) is 5.92 Å². The Labute approximate surface area is 219 Å². The predicted octanol–water partition coefficient (Wildman–Crippen LogP) is 0.648. The zero-order valence-electron chi connectivity index (χ0n) is 22.3. The van der Waals surface area contributed by atoms with E-state index in [1.807, 2.05) is 44.2 Å². The molecule has 204 valence electrons. The maximum absolute atomic E-state index is 13.4. The number of likely N-dealkylation sites (tertiary alicyclic amines) is 1. The molecule has 10 heteroatoms. The average Bonchev–Trinajstić information content (AvgIpc) is 3.19. The Kier molecular flexibility index (Phi) is 10.9. The summed E-state index contributed by atoms with van der Waals surface area (Å²) in [4.78, 5) is 58.2. The molecule has 2 aliphatic heterocycles. The van der Waals surface area contributed by atoms with Crippen LogP contribution in [0.4, 0.5) is 0 Å². The summed E-state index contributed by atoms with van der Waals surface area (Å²) in [7, 11) is 1.57. The van der Waals surface area contributed by atoms with Gasteiger partial charge in [0.1, 0.15) is 6.61 Å². The molecule has 2 saturated heterocycles. The lowest BCUT2D eigenvalue weighted by atomic mass is 10.1. The first-order valence-corrected chi connectivity index (χ1v) is 13.1. The summed E-state index contributed by atoms with van der Waals surface area (Å²) in [6.45, 7) is 6.96. The van der Waals surface area contributed by atoms with Crippen LogP contribution in [0.15, 0.2) is 30.3 Å². The third-order valence-corrected chi connectivity index (χ3v) is 7.04. The van der Waals surface area contributed by atoms with Crippen molar-refractivity contribution in [3.63, 3.8) is 0 Å². The van der Waals surface area contributed by atoms with Gasteiger partial charge in [0, 0.05) is 59.3 Å². The molecule has 1 aromatic rings. The highest BCUT2D eigenvalue weighted by atomic mass is 16.5. The van der Waals surface area contributed by atoms with Gasteiger partial charge in [0.15, 0.2) is 0 Å². The van der Waals surface area contributed by atoms with E-state index < -0.39 is 12.0 Å². The second-order valence-electron chi connectivity index (χ2n) is 9.53. The molecule has 0 bridgehead atoms. The second-order valence-corrected chi connectivity index (χ2v) is 9.53. The molecule has 0 aromatic heterocycles. The molecule has 0 saturated carbocycles. The van der Waals surface area contributed by atoms with Crippen LogP contribution in [0.3, 0.4) is 0 Å². The molecular weight excluding hydrogens is 476 g/mol. The fourth-order valence-electron chi connectivity index (χ4n) is 4.85. The van der Waals surface area contributed by atoms with E-state index in [0.717, 1.165) is 5.56 Å². The van der Waals surface area contributed by atoms with Gasteiger partial charge in [-0.3, -0.25) is 19.2 Å². The van der Waals surface area contributed by atoms with Crippen LogP contribution in [0.5, 0.6) is 0 Å². The summed E-state index contributed by atoms with van der Waals surface area (Å²) < 4.78 is 11.1. The SMILES string of the molecule is CCN(CC)C(=O)CO[C@@H]1CN(CCc2ccccc2)C(=O)CN(C(=O)[C@@H]2CC(=O)N(CCOC)C2)C1. The molecule has 2 atom stereocenters. The number of ether oxygens (including phenoxy) is 2. The number of carbonyl (C=O) groups is 4. The molecule has 0 spiro atoms. The molecule has 0 aliphatic carbocycles. The Morgan fingerprint density at radius 3 is 2.35 bits per heavy atom. The molecule has 0 unspecified atom stereocenters. The molecule has 2 aliphatic rings. The number of hydrogen-bond donors (Lipinski definition) is 0. The lowest BCUT2D eigenvalue weighted by molar-refractivity contribution is -0.142. The number of hydrogen-bond acceptors (Lipinski definition) is 6. The van der Waals surface area contributed by atoms with E-state index in [2.05, 4.69) is 0 Å². The van der Waals surface area contributed by atoms with E-state index in [0.29, 0.717) is 52.3 Å². The van der Waals surface area contributed by atoms with Crippen molar-refractivity contribution in [1.82, 2.24) is 19.6 Å². The molecular formula is C27H40N4O6. The Balaban J connectivity index is 1.70. The number of likely N-dealkylation sites (N-methyl/N-ethyl adjacent to an activating group) is 1.